The first-order valence-electron chi connectivity index (χ1n) is 7.21. The van der Waals surface area contributed by atoms with E-state index in [9.17, 15) is 9.59 Å². The monoisotopic (exact) mass is 285 g/mol. The van der Waals surface area contributed by atoms with Gasteiger partial charge in [0, 0.05) is 37.4 Å². The molecule has 1 aromatic heterocycles. The quantitative estimate of drug-likeness (QED) is 0.865. The molecule has 0 atom stereocenters. The van der Waals surface area contributed by atoms with Gasteiger partial charge >= 0.3 is 0 Å². The number of aromatic amines is 1. The highest BCUT2D eigenvalue weighted by Crippen LogP contribution is 2.17. The van der Waals surface area contributed by atoms with Crippen LogP contribution < -0.4 is 0 Å². The molecule has 1 N–H and O–H groups in total. The summed E-state index contributed by atoms with van der Waals surface area (Å²) in [5.74, 6) is 0.132. The van der Waals surface area contributed by atoms with Gasteiger partial charge in [0.1, 0.15) is 0 Å². The Labute approximate surface area is 123 Å². The normalized spacial score (nSPS) is 15.5. The predicted molar refractivity (Wildman–Crippen MR) is 81.0 cm³/mol. The largest absolute Gasteiger partial charge is 0.359 e. The van der Waals surface area contributed by atoms with E-state index >= 15 is 0 Å². The summed E-state index contributed by atoms with van der Waals surface area (Å²) in [6, 6.07) is 8.18. The van der Waals surface area contributed by atoms with Crippen molar-refractivity contribution in [2.75, 3.05) is 26.2 Å². The zero-order chi connectivity index (χ0) is 14.8. The number of nitrogens with zero attached hydrogens (tertiary/aromatic N) is 2. The molecule has 2 amide bonds. The van der Waals surface area contributed by atoms with Crippen LogP contribution in [0.5, 0.6) is 0 Å². The highest BCUT2D eigenvalue weighted by Gasteiger charge is 2.20. The second-order valence-electron chi connectivity index (χ2n) is 5.57. The molecule has 1 aliphatic heterocycles. The molecule has 0 saturated carbocycles. The number of fused-ring (bicyclic) bond motifs is 1. The molecule has 110 valence electrons. The van der Waals surface area contributed by atoms with Crippen molar-refractivity contribution in [3.63, 3.8) is 0 Å². The van der Waals surface area contributed by atoms with Crippen LogP contribution >= 0.6 is 0 Å². The van der Waals surface area contributed by atoms with Crippen molar-refractivity contribution in [2.24, 2.45) is 0 Å². The predicted octanol–water partition coefficient (Wildman–Crippen LogP) is 1.32. The van der Waals surface area contributed by atoms with Gasteiger partial charge in [-0.25, -0.2) is 0 Å². The Bertz CT molecular complexity index is 669. The van der Waals surface area contributed by atoms with E-state index in [-0.39, 0.29) is 5.91 Å². The number of amides is 2. The third kappa shape index (κ3) is 2.91. The molecule has 0 aliphatic carbocycles. The lowest BCUT2D eigenvalue weighted by Crippen LogP contribution is -2.48. The average Bonchev–Trinajstić information content (AvgIpc) is 2.86. The SMILES string of the molecule is Cc1cc2cc(CC(=O)N3CCN(C=O)CC3)ccc2[nH]1. The molecular weight excluding hydrogens is 266 g/mol. The first-order valence-corrected chi connectivity index (χ1v) is 7.21. The summed E-state index contributed by atoms with van der Waals surface area (Å²) in [6.45, 7) is 4.54. The van der Waals surface area contributed by atoms with Crippen molar-refractivity contribution in [1.82, 2.24) is 14.8 Å². The third-order valence-corrected chi connectivity index (χ3v) is 3.99. The van der Waals surface area contributed by atoms with E-state index in [0.29, 0.717) is 32.6 Å². The van der Waals surface area contributed by atoms with Crippen LogP contribution in [0.25, 0.3) is 10.9 Å². The van der Waals surface area contributed by atoms with Crippen molar-refractivity contribution in [1.29, 1.82) is 0 Å². The number of carbonyl (C=O) groups excluding carboxylic acids is 2. The number of hydrogen-bond donors (Lipinski definition) is 1. The Morgan fingerprint density at radius 2 is 2.00 bits per heavy atom. The molecular formula is C16H19N3O2. The lowest BCUT2D eigenvalue weighted by molar-refractivity contribution is -0.134. The molecule has 5 heteroatoms. The summed E-state index contributed by atoms with van der Waals surface area (Å²) in [4.78, 5) is 29.8. The van der Waals surface area contributed by atoms with E-state index in [1.54, 1.807) is 4.90 Å². The van der Waals surface area contributed by atoms with E-state index in [4.69, 9.17) is 0 Å². The van der Waals surface area contributed by atoms with Gasteiger partial charge in [0.05, 0.1) is 6.42 Å². The van der Waals surface area contributed by atoms with Crippen molar-refractivity contribution in [2.45, 2.75) is 13.3 Å². The molecule has 1 fully saturated rings. The third-order valence-electron chi connectivity index (χ3n) is 3.99. The number of nitrogens with one attached hydrogen (secondary N) is 1. The molecule has 1 aliphatic rings. The fourth-order valence-electron chi connectivity index (χ4n) is 2.80. The number of aryl methyl sites for hydroxylation is 1. The van der Waals surface area contributed by atoms with Crippen LogP contribution in [0.15, 0.2) is 24.3 Å². The molecule has 3 rings (SSSR count). The number of aromatic nitrogens is 1. The Morgan fingerprint density at radius 1 is 1.24 bits per heavy atom. The molecule has 0 radical (unpaired) electrons. The van der Waals surface area contributed by atoms with Gasteiger partial charge in [-0.05, 0) is 36.1 Å². The van der Waals surface area contributed by atoms with E-state index in [0.717, 1.165) is 28.6 Å². The summed E-state index contributed by atoms with van der Waals surface area (Å²) >= 11 is 0. The van der Waals surface area contributed by atoms with E-state index in [1.165, 1.54) is 0 Å². The molecule has 2 heterocycles. The zero-order valence-electron chi connectivity index (χ0n) is 12.1. The van der Waals surface area contributed by atoms with Gasteiger partial charge < -0.3 is 14.8 Å². The minimum Gasteiger partial charge on any atom is -0.359 e. The maximum absolute atomic E-state index is 12.3. The summed E-state index contributed by atoms with van der Waals surface area (Å²) in [6.07, 6.45) is 1.27. The van der Waals surface area contributed by atoms with Crippen molar-refractivity contribution >= 4 is 23.2 Å². The first-order chi connectivity index (χ1) is 10.2. The first kappa shape index (κ1) is 13.7. The van der Waals surface area contributed by atoms with Crippen LogP contribution in [-0.4, -0.2) is 53.3 Å². The number of piperazine rings is 1. The summed E-state index contributed by atoms with van der Waals surface area (Å²) in [7, 11) is 0. The molecule has 1 aromatic carbocycles. The van der Waals surface area contributed by atoms with Gasteiger partial charge in [0.25, 0.3) is 0 Å². The number of H-pyrrole nitrogens is 1. The maximum Gasteiger partial charge on any atom is 0.227 e. The van der Waals surface area contributed by atoms with Crippen LogP contribution in [0.1, 0.15) is 11.3 Å². The fourth-order valence-corrected chi connectivity index (χ4v) is 2.80. The standard InChI is InChI=1S/C16H19N3O2/c1-12-8-14-9-13(2-3-15(14)17-12)10-16(21)19-6-4-18(11-20)5-7-19/h2-3,8-9,11,17H,4-7,10H2,1H3. The Kier molecular flexibility index (Phi) is 3.64. The van der Waals surface area contributed by atoms with Crippen LogP contribution in [-0.2, 0) is 16.0 Å². The summed E-state index contributed by atoms with van der Waals surface area (Å²) < 4.78 is 0. The van der Waals surface area contributed by atoms with Gasteiger partial charge in [-0.3, -0.25) is 9.59 Å². The Hall–Kier alpha value is -2.30. The molecule has 0 spiro atoms. The smallest absolute Gasteiger partial charge is 0.227 e. The van der Waals surface area contributed by atoms with Gasteiger partial charge in [-0.2, -0.15) is 0 Å². The van der Waals surface area contributed by atoms with Gasteiger partial charge in [-0.1, -0.05) is 6.07 Å². The summed E-state index contributed by atoms with van der Waals surface area (Å²) in [5, 5.41) is 1.14. The second kappa shape index (κ2) is 5.60. The molecule has 0 bridgehead atoms. The zero-order valence-corrected chi connectivity index (χ0v) is 12.1. The molecule has 5 nitrogen and oxygen atoms in total. The van der Waals surface area contributed by atoms with Gasteiger partial charge in [-0.15, -0.1) is 0 Å². The topological polar surface area (TPSA) is 56.4 Å². The Balaban J connectivity index is 1.67. The van der Waals surface area contributed by atoms with E-state index in [2.05, 4.69) is 17.1 Å². The molecule has 1 saturated heterocycles. The maximum atomic E-state index is 12.3. The van der Waals surface area contributed by atoms with Crippen LogP contribution in [0.3, 0.4) is 0 Å². The highest BCUT2D eigenvalue weighted by molar-refractivity contribution is 5.84. The number of benzene rings is 1. The van der Waals surface area contributed by atoms with Gasteiger partial charge in [0.15, 0.2) is 0 Å². The van der Waals surface area contributed by atoms with Crippen LogP contribution in [0.4, 0.5) is 0 Å². The van der Waals surface area contributed by atoms with Crippen molar-refractivity contribution in [3.8, 4) is 0 Å². The molecule has 2 aromatic rings. The van der Waals surface area contributed by atoms with Crippen LogP contribution in [0.2, 0.25) is 0 Å². The minimum absolute atomic E-state index is 0.132. The highest BCUT2D eigenvalue weighted by atomic mass is 16.2. The number of rotatable bonds is 3. The average molecular weight is 285 g/mol. The lowest BCUT2D eigenvalue weighted by Gasteiger charge is -2.32. The second-order valence-corrected chi connectivity index (χ2v) is 5.57. The van der Waals surface area contributed by atoms with Gasteiger partial charge in [0.2, 0.25) is 12.3 Å². The van der Waals surface area contributed by atoms with E-state index in [1.807, 2.05) is 24.0 Å². The minimum atomic E-state index is 0.132. The molecule has 0 unspecified atom stereocenters. The van der Waals surface area contributed by atoms with Crippen molar-refractivity contribution < 1.29 is 9.59 Å². The van der Waals surface area contributed by atoms with E-state index < -0.39 is 0 Å². The number of carbonyl (C=O) groups is 2. The van der Waals surface area contributed by atoms with Crippen LogP contribution in [0, 0.1) is 6.92 Å². The molecule has 21 heavy (non-hydrogen) atoms. The summed E-state index contributed by atoms with van der Waals surface area (Å²) in [5.41, 5.74) is 3.26. The van der Waals surface area contributed by atoms with Crippen molar-refractivity contribution in [3.05, 3.63) is 35.5 Å². The fraction of sp³-hybridized carbons (Fsp3) is 0.375. The Morgan fingerprint density at radius 3 is 2.71 bits per heavy atom. The lowest BCUT2D eigenvalue weighted by atomic mass is 10.1. The number of hydrogen-bond acceptors (Lipinski definition) is 2.